The number of rotatable bonds is 4. The third kappa shape index (κ3) is 2.66. The number of aromatic nitrogens is 2. The molecular weight excluding hydrogens is 166 g/mol. The zero-order valence-electron chi connectivity index (χ0n) is 7.99. The number of nitrogens with one attached hydrogen (secondary N) is 1. The molecule has 0 aliphatic heterocycles. The highest BCUT2D eigenvalue weighted by molar-refractivity contribution is 5.39. The third-order valence-corrected chi connectivity index (χ3v) is 1.94. The first kappa shape index (κ1) is 9.92. The van der Waals surface area contributed by atoms with Crippen LogP contribution in [-0.2, 0) is 0 Å². The maximum absolute atomic E-state index is 8.97. The average molecular weight is 181 g/mol. The smallest absolute Gasteiger partial charge is 0.147 e. The SMILES string of the molecule is CC[C@@H](CO)Nc1nccnc1C. The molecule has 1 rings (SSSR count). The second-order valence-electron chi connectivity index (χ2n) is 2.92. The van der Waals surface area contributed by atoms with Gasteiger partial charge < -0.3 is 10.4 Å². The van der Waals surface area contributed by atoms with Gasteiger partial charge >= 0.3 is 0 Å². The fraction of sp³-hybridized carbons (Fsp3) is 0.556. The average Bonchev–Trinajstić information content (AvgIpc) is 2.17. The van der Waals surface area contributed by atoms with E-state index in [9.17, 15) is 0 Å². The number of nitrogens with zero attached hydrogens (tertiary/aromatic N) is 2. The molecule has 2 N–H and O–H groups in total. The van der Waals surface area contributed by atoms with E-state index in [1.807, 2.05) is 13.8 Å². The maximum atomic E-state index is 8.97. The van der Waals surface area contributed by atoms with Crippen molar-refractivity contribution in [1.29, 1.82) is 0 Å². The summed E-state index contributed by atoms with van der Waals surface area (Å²) < 4.78 is 0. The van der Waals surface area contributed by atoms with E-state index >= 15 is 0 Å². The van der Waals surface area contributed by atoms with Gasteiger partial charge in [0, 0.05) is 12.4 Å². The minimum atomic E-state index is 0.0652. The monoisotopic (exact) mass is 181 g/mol. The molecule has 4 heteroatoms. The quantitative estimate of drug-likeness (QED) is 0.726. The Morgan fingerprint density at radius 3 is 2.69 bits per heavy atom. The Hall–Kier alpha value is -1.16. The van der Waals surface area contributed by atoms with Crippen LogP contribution in [0.15, 0.2) is 12.4 Å². The van der Waals surface area contributed by atoms with Gasteiger partial charge in [0.05, 0.1) is 18.3 Å². The lowest BCUT2D eigenvalue weighted by Gasteiger charge is -2.15. The molecule has 1 aromatic heterocycles. The number of hydrogen-bond acceptors (Lipinski definition) is 4. The zero-order valence-corrected chi connectivity index (χ0v) is 7.99. The Bertz CT molecular complexity index is 261. The summed E-state index contributed by atoms with van der Waals surface area (Å²) in [5.74, 6) is 0.753. The molecule has 0 fully saturated rings. The van der Waals surface area contributed by atoms with Gasteiger partial charge in [-0.2, -0.15) is 0 Å². The number of aliphatic hydroxyl groups excluding tert-OH is 1. The molecule has 0 aliphatic rings. The molecule has 13 heavy (non-hydrogen) atoms. The van der Waals surface area contributed by atoms with Crippen LogP contribution in [0.25, 0.3) is 0 Å². The lowest BCUT2D eigenvalue weighted by molar-refractivity contribution is 0.271. The molecule has 0 saturated carbocycles. The number of aryl methyl sites for hydroxylation is 1. The summed E-state index contributed by atoms with van der Waals surface area (Å²) in [6, 6.07) is 0.0652. The molecule has 1 aromatic rings. The van der Waals surface area contributed by atoms with Gasteiger partial charge in [-0.1, -0.05) is 6.92 Å². The van der Waals surface area contributed by atoms with Gasteiger partial charge in [-0.3, -0.25) is 4.98 Å². The van der Waals surface area contributed by atoms with E-state index in [0.29, 0.717) is 0 Å². The molecule has 0 bridgehead atoms. The van der Waals surface area contributed by atoms with E-state index in [0.717, 1.165) is 17.9 Å². The predicted molar refractivity (Wildman–Crippen MR) is 51.6 cm³/mol. The Morgan fingerprint density at radius 1 is 1.46 bits per heavy atom. The lowest BCUT2D eigenvalue weighted by atomic mass is 10.2. The van der Waals surface area contributed by atoms with E-state index in [4.69, 9.17) is 5.11 Å². The predicted octanol–water partition coefficient (Wildman–Crippen LogP) is 0.968. The minimum Gasteiger partial charge on any atom is -0.394 e. The first-order valence-corrected chi connectivity index (χ1v) is 4.43. The van der Waals surface area contributed by atoms with Crippen molar-refractivity contribution in [3.8, 4) is 0 Å². The maximum Gasteiger partial charge on any atom is 0.147 e. The van der Waals surface area contributed by atoms with Crippen LogP contribution >= 0.6 is 0 Å². The molecule has 1 atom stereocenters. The van der Waals surface area contributed by atoms with Crippen molar-refractivity contribution in [2.24, 2.45) is 0 Å². The van der Waals surface area contributed by atoms with E-state index in [1.54, 1.807) is 12.4 Å². The molecule has 0 amide bonds. The fourth-order valence-corrected chi connectivity index (χ4v) is 1.02. The van der Waals surface area contributed by atoms with Crippen LogP contribution in [0.2, 0.25) is 0 Å². The van der Waals surface area contributed by atoms with Gasteiger partial charge in [0.1, 0.15) is 5.82 Å². The van der Waals surface area contributed by atoms with Crippen molar-refractivity contribution in [2.45, 2.75) is 26.3 Å². The zero-order chi connectivity index (χ0) is 9.68. The highest BCUT2D eigenvalue weighted by atomic mass is 16.3. The van der Waals surface area contributed by atoms with Gasteiger partial charge in [0.25, 0.3) is 0 Å². The molecule has 0 unspecified atom stereocenters. The molecule has 0 spiro atoms. The van der Waals surface area contributed by atoms with Crippen molar-refractivity contribution in [3.63, 3.8) is 0 Å². The standard InChI is InChI=1S/C9H15N3O/c1-3-8(6-13)12-9-7(2)10-4-5-11-9/h4-5,8,13H,3,6H2,1-2H3,(H,11,12)/t8-/m0/s1. The summed E-state index contributed by atoms with van der Waals surface area (Å²) in [7, 11) is 0. The first-order chi connectivity index (χ1) is 6.27. The molecular formula is C9H15N3O. The largest absolute Gasteiger partial charge is 0.394 e. The molecule has 72 valence electrons. The Kier molecular flexibility index (Phi) is 3.64. The second kappa shape index (κ2) is 4.77. The molecule has 0 aliphatic carbocycles. The Labute approximate surface area is 78.0 Å². The van der Waals surface area contributed by atoms with Crippen LogP contribution in [0.5, 0.6) is 0 Å². The van der Waals surface area contributed by atoms with Crippen LogP contribution in [-0.4, -0.2) is 27.7 Å². The van der Waals surface area contributed by atoms with Crippen LogP contribution < -0.4 is 5.32 Å². The summed E-state index contributed by atoms with van der Waals surface area (Å²) in [4.78, 5) is 8.22. The summed E-state index contributed by atoms with van der Waals surface area (Å²) in [5, 5.41) is 12.1. The number of aliphatic hydroxyl groups is 1. The number of hydrogen-bond donors (Lipinski definition) is 2. The van der Waals surface area contributed by atoms with Crippen LogP contribution in [0, 0.1) is 6.92 Å². The van der Waals surface area contributed by atoms with E-state index < -0.39 is 0 Å². The summed E-state index contributed by atoms with van der Waals surface area (Å²) in [6.45, 7) is 4.02. The molecule has 1 heterocycles. The highest BCUT2D eigenvalue weighted by Gasteiger charge is 2.06. The van der Waals surface area contributed by atoms with Gasteiger partial charge in [-0.05, 0) is 13.3 Å². The minimum absolute atomic E-state index is 0.0652. The van der Waals surface area contributed by atoms with Crippen LogP contribution in [0.3, 0.4) is 0 Å². The topological polar surface area (TPSA) is 58.0 Å². The number of anilines is 1. The highest BCUT2D eigenvalue weighted by Crippen LogP contribution is 2.08. The molecule has 0 saturated heterocycles. The van der Waals surface area contributed by atoms with E-state index in [2.05, 4.69) is 15.3 Å². The second-order valence-corrected chi connectivity index (χ2v) is 2.92. The fourth-order valence-electron chi connectivity index (χ4n) is 1.02. The summed E-state index contributed by atoms with van der Waals surface area (Å²) in [6.07, 6.45) is 4.16. The lowest BCUT2D eigenvalue weighted by Crippen LogP contribution is -2.23. The van der Waals surface area contributed by atoms with Crippen molar-refractivity contribution in [3.05, 3.63) is 18.1 Å². The van der Waals surface area contributed by atoms with Crippen molar-refractivity contribution < 1.29 is 5.11 Å². The molecule has 4 nitrogen and oxygen atoms in total. The first-order valence-electron chi connectivity index (χ1n) is 4.43. The Morgan fingerprint density at radius 2 is 2.15 bits per heavy atom. The van der Waals surface area contributed by atoms with Crippen molar-refractivity contribution in [1.82, 2.24) is 9.97 Å². The molecule has 0 radical (unpaired) electrons. The Balaban J connectivity index is 2.67. The van der Waals surface area contributed by atoms with Crippen LogP contribution in [0.4, 0.5) is 5.82 Å². The van der Waals surface area contributed by atoms with Crippen molar-refractivity contribution >= 4 is 5.82 Å². The van der Waals surface area contributed by atoms with Gasteiger partial charge in [-0.15, -0.1) is 0 Å². The normalized spacial score (nSPS) is 12.5. The van der Waals surface area contributed by atoms with Crippen molar-refractivity contribution in [2.75, 3.05) is 11.9 Å². The van der Waals surface area contributed by atoms with Gasteiger partial charge in [0.15, 0.2) is 0 Å². The van der Waals surface area contributed by atoms with Gasteiger partial charge in [0.2, 0.25) is 0 Å². The van der Waals surface area contributed by atoms with E-state index in [1.165, 1.54) is 0 Å². The summed E-state index contributed by atoms with van der Waals surface area (Å²) >= 11 is 0. The molecule has 0 aromatic carbocycles. The summed E-state index contributed by atoms with van der Waals surface area (Å²) in [5.41, 5.74) is 0.856. The van der Waals surface area contributed by atoms with E-state index in [-0.39, 0.29) is 12.6 Å². The third-order valence-electron chi connectivity index (χ3n) is 1.94. The van der Waals surface area contributed by atoms with Gasteiger partial charge in [-0.25, -0.2) is 4.98 Å². The van der Waals surface area contributed by atoms with Crippen LogP contribution in [0.1, 0.15) is 19.0 Å².